The van der Waals surface area contributed by atoms with Gasteiger partial charge in [0.1, 0.15) is 10.6 Å². The van der Waals surface area contributed by atoms with E-state index in [2.05, 4.69) is 10.0 Å². The highest BCUT2D eigenvalue weighted by molar-refractivity contribution is 7.89. The highest BCUT2D eigenvalue weighted by Gasteiger charge is 2.30. The molecule has 1 aromatic carbocycles. The van der Waals surface area contributed by atoms with E-state index < -0.39 is 22.6 Å². The van der Waals surface area contributed by atoms with E-state index in [9.17, 15) is 18.0 Å². The molecule has 0 radical (unpaired) electrons. The third-order valence-corrected chi connectivity index (χ3v) is 6.78. The van der Waals surface area contributed by atoms with Crippen molar-refractivity contribution in [1.82, 2.24) is 10.0 Å². The summed E-state index contributed by atoms with van der Waals surface area (Å²) >= 11 is 0. The molecule has 0 heterocycles. The van der Waals surface area contributed by atoms with Crippen molar-refractivity contribution in [3.63, 3.8) is 0 Å². The molecule has 1 amide bonds. The molecule has 0 aromatic heterocycles. The predicted octanol–water partition coefficient (Wildman–Crippen LogP) is 1.99. The molecule has 3 rings (SSSR count). The standard InChI is InChI=1S/C20H28N2O6S/c1-27-17-10-7-15(11-18(17)29(25,26)22-16-8-9-16)20(24)28-13-19(23)21-12-14-5-3-2-4-6-14/h7,10-11,14,16,22H,2-6,8-9,12-13H2,1H3,(H,21,23). The van der Waals surface area contributed by atoms with Crippen LogP contribution >= 0.6 is 0 Å². The summed E-state index contributed by atoms with van der Waals surface area (Å²) in [5.41, 5.74) is 0.0436. The number of hydrogen-bond donors (Lipinski definition) is 2. The molecular formula is C20H28N2O6S. The minimum Gasteiger partial charge on any atom is -0.495 e. The Balaban J connectivity index is 1.57. The van der Waals surface area contributed by atoms with E-state index in [1.54, 1.807) is 0 Å². The lowest BCUT2D eigenvalue weighted by Crippen LogP contribution is -2.33. The number of amides is 1. The number of benzene rings is 1. The number of carbonyl (C=O) groups excluding carboxylic acids is 2. The highest BCUT2D eigenvalue weighted by Crippen LogP contribution is 2.28. The fourth-order valence-electron chi connectivity index (χ4n) is 3.41. The zero-order valence-electron chi connectivity index (χ0n) is 16.6. The van der Waals surface area contributed by atoms with Crippen molar-refractivity contribution >= 4 is 21.9 Å². The second-order valence-electron chi connectivity index (χ2n) is 7.65. The number of nitrogens with one attached hydrogen (secondary N) is 2. The van der Waals surface area contributed by atoms with Gasteiger partial charge in [-0.05, 0) is 49.8 Å². The Kier molecular flexibility index (Phi) is 7.13. The molecule has 0 atom stereocenters. The van der Waals surface area contributed by atoms with Crippen LogP contribution in [0.25, 0.3) is 0 Å². The number of sulfonamides is 1. The van der Waals surface area contributed by atoms with Crippen LogP contribution < -0.4 is 14.8 Å². The Labute approximate surface area is 171 Å². The van der Waals surface area contributed by atoms with E-state index in [-0.39, 0.29) is 28.2 Å². The van der Waals surface area contributed by atoms with Gasteiger partial charge in [0.25, 0.3) is 5.91 Å². The Bertz CT molecular complexity index is 845. The monoisotopic (exact) mass is 424 g/mol. The Morgan fingerprint density at radius 3 is 2.48 bits per heavy atom. The van der Waals surface area contributed by atoms with Crippen LogP contribution in [0.3, 0.4) is 0 Å². The van der Waals surface area contributed by atoms with Crippen LogP contribution in [-0.4, -0.2) is 46.6 Å². The summed E-state index contributed by atoms with van der Waals surface area (Å²) in [7, 11) is -2.45. The third kappa shape index (κ3) is 6.17. The van der Waals surface area contributed by atoms with Crippen LogP contribution in [0, 0.1) is 5.92 Å². The van der Waals surface area contributed by atoms with E-state index >= 15 is 0 Å². The maximum atomic E-state index is 12.5. The van der Waals surface area contributed by atoms with Gasteiger partial charge in [-0.3, -0.25) is 4.79 Å². The Morgan fingerprint density at radius 2 is 1.83 bits per heavy atom. The number of ether oxygens (including phenoxy) is 2. The molecule has 0 bridgehead atoms. The molecule has 2 fully saturated rings. The molecule has 2 N–H and O–H groups in total. The van der Waals surface area contributed by atoms with Gasteiger partial charge < -0.3 is 14.8 Å². The first-order chi connectivity index (χ1) is 13.9. The average molecular weight is 425 g/mol. The predicted molar refractivity (Wildman–Crippen MR) is 106 cm³/mol. The van der Waals surface area contributed by atoms with Gasteiger partial charge in [0.15, 0.2) is 6.61 Å². The first kappa shape index (κ1) is 21.6. The molecule has 0 spiro atoms. The molecule has 2 aliphatic carbocycles. The summed E-state index contributed by atoms with van der Waals surface area (Å²) in [6, 6.07) is 3.96. The molecule has 2 aliphatic rings. The van der Waals surface area contributed by atoms with Crippen LogP contribution in [0.1, 0.15) is 55.3 Å². The van der Waals surface area contributed by atoms with Crippen molar-refractivity contribution in [3.05, 3.63) is 23.8 Å². The topological polar surface area (TPSA) is 111 Å². The number of methoxy groups -OCH3 is 1. The summed E-state index contributed by atoms with van der Waals surface area (Å²) < 4.78 is 37.8. The molecule has 0 aliphatic heterocycles. The molecule has 2 saturated carbocycles. The lowest BCUT2D eigenvalue weighted by Gasteiger charge is -2.21. The third-order valence-electron chi connectivity index (χ3n) is 5.24. The zero-order chi connectivity index (χ0) is 20.9. The van der Waals surface area contributed by atoms with Crippen LogP contribution in [-0.2, 0) is 19.6 Å². The second kappa shape index (κ2) is 9.58. The smallest absolute Gasteiger partial charge is 0.338 e. The molecular weight excluding hydrogens is 396 g/mol. The fraction of sp³-hybridized carbons (Fsp3) is 0.600. The van der Waals surface area contributed by atoms with Crippen LogP contribution in [0.2, 0.25) is 0 Å². The number of carbonyl (C=O) groups is 2. The van der Waals surface area contributed by atoms with E-state index in [4.69, 9.17) is 9.47 Å². The molecule has 29 heavy (non-hydrogen) atoms. The van der Waals surface area contributed by atoms with Crippen molar-refractivity contribution in [3.8, 4) is 5.75 Å². The lowest BCUT2D eigenvalue weighted by atomic mass is 9.89. The van der Waals surface area contributed by atoms with Gasteiger partial charge in [0.2, 0.25) is 10.0 Å². The van der Waals surface area contributed by atoms with Crippen molar-refractivity contribution in [1.29, 1.82) is 0 Å². The SMILES string of the molecule is COc1ccc(C(=O)OCC(=O)NCC2CCCCC2)cc1S(=O)(=O)NC1CC1. The van der Waals surface area contributed by atoms with E-state index in [1.165, 1.54) is 44.6 Å². The van der Waals surface area contributed by atoms with Crippen LogP contribution in [0.15, 0.2) is 23.1 Å². The molecule has 9 heteroatoms. The minimum atomic E-state index is -3.81. The van der Waals surface area contributed by atoms with Gasteiger partial charge in [-0.15, -0.1) is 0 Å². The molecule has 0 saturated heterocycles. The van der Waals surface area contributed by atoms with Crippen LogP contribution in [0.4, 0.5) is 0 Å². The lowest BCUT2D eigenvalue weighted by molar-refractivity contribution is -0.124. The Hall–Kier alpha value is -2.13. The largest absolute Gasteiger partial charge is 0.495 e. The second-order valence-corrected chi connectivity index (χ2v) is 9.33. The summed E-state index contributed by atoms with van der Waals surface area (Å²) in [6.07, 6.45) is 7.42. The highest BCUT2D eigenvalue weighted by atomic mass is 32.2. The summed E-state index contributed by atoms with van der Waals surface area (Å²) in [5, 5.41) is 2.80. The summed E-state index contributed by atoms with van der Waals surface area (Å²) in [4.78, 5) is 24.2. The molecule has 0 unspecified atom stereocenters. The summed E-state index contributed by atoms with van der Waals surface area (Å²) in [5.74, 6) is -0.499. The fourth-order valence-corrected chi connectivity index (χ4v) is 4.91. The average Bonchev–Trinajstić information content (AvgIpc) is 3.54. The van der Waals surface area contributed by atoms with Gasteiger partial charge in [-0.2, -0.15) is 0 Å². The first-order valence-corrected chi connectivity index (χ1v) is 11.5. The van der Waals surface area contributed by atoms with Gasteiger partial charge in [-0.25, -0.2) is 17.9 Å². The Morgan fingerprint density at radius 1 is 1.10 bits per heavy atom. The van der Waals surface area contributed by atoms with Gasteiger partial charge in [-0.1, -0.05) is 19.3 Å². The maximum Gasteiger partial charge on any atom is 0.338 e. The van der Waals surface area contributed by atoms with Crippen molar-refractivity contribution in [2.45, 2.75) is 55.9 Å². The maximum absolute atomic E-state index is 12.5. The molecule has 160 valence electrons. The van der Waals surface area contributed by atoms with Crippen LogP contribution in [0.5, 0.6) is 5.75 Å². The number of esters is 1. The van der Waals surface area contributed by atoms with Gasteiger partial charge in [0.05, 0.1) is 12.7 Å². The quantitative estimate of drug-likeness (QED) is 0.587. The molecule has 8 nitrogen and oxygen atoms in total. The first-order valence-electron chi connectivity index (χ1n) is 10.0. The van der Waals surface area contributed by atoms with Gasteiger partial charge in [0, 0.05) is 12.6 Å². The van der Waals surface area contributed by atoms with Gasteiger partial charge >= 0.3 is 5.97 Å². The van der Waals surface area contributed by atoms with Crippen molar-refractivity contribution in [2.24, 2.45) is 5.92 Å². The molecule has 1 aromatic rings. The van der Waals surface area contributed by atoms with Crippen molar-refractivity contribution < 1.29 is 27.5 Å². The number of hydrogen-bond acceptors (Lipinski definition) is 6. The summed E-state index contributed by atoms with van der Waals surface area (Å²) in [6.45, 7) is 0.189. The van der Waals surface area contributed by atoms with E-state index in [1.807, 2.05) is 0 Å². The van der Waals surface area contributed by atoms with Crippen molar-refractivity contribution in [2.75, 3.05) is 20.3 Å². The normalized spacial score (nSPS) is 17.6. The minimum absolute atomic E-state index is 0.0436. The number of rotatable bonds is 9. The van der Waals surface area contributed by atoms with E-state index in [0.717, 1.165) is 25.7 Å². The zero-order valence-corrected chi connectivity index (χ0v) is 17.4. The van der Waals surface area contributed by atoms with E-state index in [0.29, 0.717) is 12.5 Å².